The lowest BCUT2D eigenvalue weighted by atomic mass is 9.90. The summed E-state index contributed by atoms with van der Waals surface area (Å²) in [6, 6.07) is 14.4. The van der Waals surface area contributed by atoms with Gasteiger partial charge in [0.1, 0.15) is 22.3 Å². The van der Waals surface area contributed by atoms with Crippen molar-refractivity contribution < 1.29 is 30.8 Å². The minimum atomic E-state index is -4.86. The number of hydrogen-bond donors (Lipinski definition) is 2. The maximum absolute atomic E-state index is 16.2. The maximum atomic E-state index is 16.2. The molecule has 0 radical (unpaired) electrons. The fraction of sp³-hybridized carbons (Fsp3) is 0.0741. The standard InChI is InChI=1S/C27H18F4N4O3S2/c28-18-6-7-19(29)22(14-18)40(37,38)35-21-9-8-20(30)23(24(21)31)27(34-26(36)17-4-2-1-3-5-17)25(39-15-33-27)16-10-12-32-13-11-16/h1-15,25,35H,(H,34,36). The molecule has 0 fully saturated rings. The predicted molar refractivity (Wildman–Crippen MR) is 142 cm³/mol. The number of benzene rings is 3. The molecule has 0 saturated heterocycles. The number of aliphatic imine (C=N–C) groups is 1. The fourth-order valence-electron chi connectivity index (χ4n) is 4.25. The summed E-state index contributed by atoms with van der Waals surface area (Å²) < 4.78 is 87.4. The molecule has 1 aromatic heterocycles. The van der Waals surface area contributed by atoms with Gasteiger partial charge >= 0.3 is 0 Å². The van der Waals surface area contributed by atoms with Crippen molar-refractivity contribution in [3.05, 3.63) is 125 Å². The van der Waals surface area contributed by atoms with Gasteiger partial charge in [0.05, 0.1) is 22.0 Å². The fourth-order valence-corrected chi connectivity index (χ4v) is 6.50. The van der Waals surface area contributed by atoms with Crippen molar-refractivity contribution in [2.45, 2.75) is 15.8 Å². The number of carbonyl (C=O) groups excluding carboxylic acids is 1. The van der Waals surface area contributed by atoms with Gasteiger partial charge in [0.15, 0.2) is 11.5 Å². The summed E-state index contributed by atoms with van der Waals surface area (Å²) in [5.41, 5.74) is -1.60. The minimum absolute atomic E-state index is 0.182. The molecule has 2 atom stereocenters. The number of amides is 1. The van der Waals surface area contributed by atoms with E-state index in [1.165, 1.54) is 30.1 Å². The van der Waals surface area contributed by atoms with Crippen LogP contribution in [0.4, 0.5) is 23.2 Å². The molecule has 0 aliphatic carbocycles. The molecule has 4 aromatic rings. The highest BCUT2D eigenvalue weighted by atomic mass is 32.2. The van der Waals surface area contributed by atoms with Crippen LogP contribution in [0, 0.1) is 23.3 Å². The molecular formula is C27H18F4N4O3S2. The Kier molecular flexibility index (Phi) is 7.34. The van der Waals surface area contributed by atoms with Crippen LogP contribution in [-0.2, 0) is 15.7 Å². The molecule has 1 amide bonds. The summed E-state index contributed by atoms with van der Waals surface area (Å²) in [6.45, 7) is 0. The van der Waals surface area contributed by atoms with Gasteiger partial charge in [-0.3, -0.25) is 19.5 Å². The Labute approximate surface area is 230 Å². The Morgan fingerprint density at radius 2 is 1.60 bits per heavy atom. The monoisotopic (exact) mass is 586 g/mol. The second-order valence-electron chi connectivity index (χ2n) is 8.58. The molecule has 0 bridgehead atoms. The van der Waals surface area contributed by atoms with E-state index in [9.17, 15) is 22.0 Å². The third kappa shape index (κ3) is 5.05. The van der Waals surface area contributed by atoms with E-state index in [0.717, 1.165) is 30.0 Å². The third-order valence-electron chi connectivity index (χ3n) is 6.08. The largest absolute Gasteiger partial charge is 0.322 e. The van der Waals surface area contributed by atoms with E-state index in [1.54, 1.807) is 30.3 Å². The zero-order valence-corrected chi connectivity index (χ0v) is 21.8. The number of halogens is 4. The number of anilines is 1. The van der Waals surface area contributed by atoms with Gasteiger partial charge in [-0.15, -0.1) is 11.8 Å². The summed E-state index contributed by atoms with van der Waals surface area (Å²) in [4.78, 5) is 20.5. The Bertz CT molecular complexity index is 1730. The van der Waals surface area contributed by atoms with Crippen molar-refractivity contribution in [3.8, 4) is 0 Å². The van der Waals surface area contributed by atoms with Crippen molar-refractivity contribution in [1.29, 1.82) is 0 Å². The summed E-state index contributed by atoms with van der Waals surface area (Å²) >= 11 is 1.07. The van der Waals surface area contributed by atoms with Crippen LogP contribution in [0.3, 0.4) is 0 Å². The summed E-state index contributed by atoms with van der Waals surface area (Å²) in [5.74, 6) is -5.57. The molecule has 1 aliphatic heterocycles. The molecule has 3 aromatic carbocycles. The first-order chi connectivity index (χ1) is 19.1. The van der Waals surface area contributed by atoms with Crippen LogP contribution in [0.5, 0.6) is 0 Å². The summed E-state index contributed by atoms with van der Waals surface area (Å²) in [5, 5.41) is 1.75. The molecular weight excluding hydrogens is 568 g/mol. The predicted octanol–water partition coefficient (Wildman–Crippen LogP) is 5.54. The molecule has 5 rings (SSSR count). The van der Waals surface area contributed by atoms with E-state index in [1.807, 2.05) is 4.72 Å². The first kappa shape index (κ1) is 27.3. The molecule has 204 valence electrons. The van der Waals surface area contributed by atoms with Crippen LogP contribution < -0.4 is 10.0 Å². The average molecular weight is 587 g/mol. The number of aromatic nitrogens is 1. The van der Waals surface area contributed by atoms with Crippen LogP contribution in [0.25, 0.3) is 0 Å². The van der Waals surface area contributed by atoms with Gasteiger partial charge in [0, 0.05) is 18.0 Å². The highest BCUT2D eigenvalue weighted by molar-refractivity contribution is 8.12. The zero-order chi connectivity index (χ0) is 28.5. The molecule has 13 heteroatoms. The molecule has 0 saturated carbocycles. The Balaban J connectivity index is 1.65. The van der Waals surface area contributed by atoms with Gasteiger partial charge < -0.3 is 5.32 Å². The van der Waals surface area contributed by atoms with Crippen LogP contribution in [0.2, 0.25) is 0 Å². The number of sulfonamides is 1. The lowest BCUT2D eigenvalue weighted by Gasteiger charge is -2.35. The normalized spacial score (nSPS) is 18.4. The van der Waals surface area contributed by atoms with Gasteiger partial charge in [-0.1, -0.05) is 18.2 Å². The molecule has 0 spiro atoms. The second-order valence-corrected chi connectivity index (χ2v) is 11.2. The number of nitrogens with one attached hydrogen (secondary N) is 2. The second kappa shape index (κ2) is 10.7. The van der Waals surface area contributed by atoms with Crippen LogP contribution in [0.1, 0.15) is 26.7 Å². The number of pyridine rings is 1. The van der Waals surface area contributed by atoms with E-state index in [4.69, 9.17) is 0 Å². The van der Waals surface area contributed by atoms with Crippen LogP contribution in [0.15, 0.2) is 95.1 Å². The number of thioether (sulfide) groups is 1. The van der Waals surface area contributed by atoms with Gasteiger partial charge in [-0.05, 0) is 60.2 Å². The van der Waals surface area contributed by atoms with E-state index in [2.05, 4.69) is 15.3 Å². The van der Waals surface area contributed by atoms with Crippen LogP contribution >= 0.6 is 11.8 Å². The molecule has 7 nitrogen and oxygen atoms in total. The Morgan fingerprint density at radius 1 is 0.900 bits per heavy atom. The maximum Gasteiger partial charge on any atom is 0.265 e. The number of rotatable bonds is 7. The van der Waals surface area contributed by atoms with Gasteiger partial charge in [-0.2, -0.15) is 0 Å². The smallest absolute Gasteiger partial charge is 0.265 e. The van der Waals surface area contributed by atoms with Crippen molar-refractivity contribution >= 4 is 38.9 Å². The first-order valence-electron chi connectivity index (χ1n) is 11.6. The quantitative estimate of drug-likeness (QED) is 0.277. The minimum Gasteiger partial charge on any atom is -0.322 e. The summed E-state index contributed by atoms with van der Waals surface area (Å²) in [6.07, 6.45) is 2.92. The SMILES string of the molecule is O=C(NC1(c2c(F)ccc(NS(=O)(=O)c3cc(F)ccc3F)c2F)N=CSC1c1ccncc1)c1ccccc1. The van der Waals surface area contributed by atoms with E-state index >= 15 is 8.78 Å². The van der Waals surface area contributed by atoms with E-state index in [0.29, 0.717) is 17.7 Å². The lowest BCUT2D eigenvalue weighted by Crippen LogP contribution is -2.48. The van der Waals surface area contributed by atoms with Gasteiger partial charge in [0.2, 0.25) is 0 Å². The number of carbonyl (C=O) groups is 1. The number of nitrogens with zero attached hydrogens (tertiary/aromatic N) is 2. The van der Waals surface area contributed by atoms with E-state index in [-0.39, 0.29) is 5.56 Å². The van der Waals surface area contributed by atoms with Crippen molar-refractivity contribution in [2.24, 2.45) is 4.99 Å². The highest BCUT2D eigenvalue weighted by Crippen LogP contribution is 2.51. The van der Waals surface area contributed by atoms with Crippen molar-refractivity contribution in [1.82, 2.24) is 10.3 Å². The number of hydrogen-bond acceptors (Lipinski definition) is 6. The summed E-state index contributed by atoms with van der Waals surface area (Å²) in [7, 11) is -4.86. The molecule has 2 heterocycles. The first-order valence-corrected chi connectivity index (χ1v) is 14.0. The molecule has 2 N–H and O–H groups in total. The lowest BCUT2D eigenvalue weighted by molar-refractivity contribution is 0.0896. The molecule has 40 heavy (non-hydrogen) atoms. The van der Waals surface area contributed by atoms with Crippen molar-refractivity contribution in [3.63, 3.8) is 0 Å². The van der Waals surface area contributed by atoms with Crippen LogP contribution in [-0.4, -0.2) is 24.9 Å². The van der Waals surface area contributed by atoms with Gasteiger partial charge in [-0.25, -0.2) is 26.0 Å². The Hall–Kier alpha value is -4.23. The van der Waals surface area contributed by atoms with Crippen molar-refractivity contribution in [2.75, 3.05) is 4.72 Å². The third-order valence-corrected chi connectivity index (χ3v) is 8.57. The molecule has 1 aliphatic rings. The highest BCUT2D eigenvalue weighted by Gasteiger charge is 2.50. The topological polar surface area (TPSA) is 101 Å². The zero-order valence-electron chi connectivity index (χ0n) is 20.2. The molecule has 2 unspecified atom stereocenters. The van der Waals surface area contributed by atoms with E-state index < -0.39 is 66.3 Å². The average Bonchev–Trinajstić information content (AvgIpc) is 3.36. The van der Waals surface area contributed by atoms with Gasteiger partial charge in [0.25, 0.3) is 15.9 Å². The Morgan fingerprint density at radius 3 is 2.33 bits per heavy atom.